The number of benzene rings is 3. The summed E-state index contributed by atoms with van der Waals surface area (Å²) in [6.07, 6.45) is 0. The minimum atomic E-state index is 0.343. The highest BCUT2D eigenvalue weighted by atomic mass is 32.2. The van der Waals surface area contributed by atoms with Crippen molar-refractivity contribution in [3.8, 4) is 17.2 Å². The van der Waals surface area contributed by atoms with Gasteiger partial charge < -0.3 is 9.47 Å². The number of para-hydroxylation sites is 2. The van der Waals surface area contributed by atoms with Gasteiger partial charge in [-0.1, -0.05) is 60.3 Å². The van der Waals surface area contributed by atoms with Gasteiger partial charge in [-0.2, -0.15) is 0 Å². The second-order valence-electron chi connectivity index (χ2n) is 6.76. The molecule has 0 N–H and O–H groups in total. The van der Waals surface area contributed by atoms with E-state index in [0.29, 0.717) is 6.61 Å². The quantitative estimate of drug-likeness (QED) is 0.357. The summed E-state index contributed by atoms with van der Waals surface area (Å²) in [5.74, 6) is 3.26. The van der Waals surface area contributed by atoms with Gasteiger partial charge in [-0.15, -0.1) is 10.2 Å². The molecule has 6 heteroatoms. The molecule has 4 aromatic rings. The maximum atomic E-state index is 6.04. The molecule has 0 amide bonds. The average Bonchev–Trinajstić information content (AvgIpc) is 3.21. The highest BCUT2D eigenvalue weighted by Crippen LogP contribution is 2.27. The molecular formula is C24H23N3O2S. The Morgan fingerprint density at radius 1 is 0.867 bits per heavy atom. The Kier molecular flexibility index (Phi) is 6.35. The Labute approximate surface area is 180 Å². The molecule has 0 fully saturated rings. The minimum absolute atomic E-state index is 0.343. The van der Waals surface area contributed by atoms with E-state index in [1.165, 1.54) is 5.56 Å². The molecule has 5 nitrogen and oxygen atoms in total. The maximum absolute atomic E-state index is 6.04. The third-order valence-corrected chi connectivity index (χ3v) is 5.69. The molecule has 0 aliphatic heterocycles. The van der Waals surface area contributed by atoms with Gasteiger partial charge in [0.1, 0.15) is 18.1 Å². The summed E-state index contributed by atoms with van der Waals surface area (Å²) in [6, 6.07) is 26.2. The lowest BCUT2D eigenvalue weighted by Crippen LogP contribution is -2.07. The molecule has 3 aromatic carbocycles. The van der Waals surface area contributed by atoms with E-state index in [4.69, 9.17) is 9.47 Å². The Morgan fingerprint density at radius 2 is 1.60 bits per heavy atom. The van der Waals surface area contributed by atoms with Crippen molar-refractivity contribution in [2.45, 2.75) is 24.4 Å². The third-order valence-electron chi connectivity index (χ3n) is 4.69. The molecule has 30 heavy (non-hydrogen) atoms. The van der Waals surface area contributed by atoms with E-state index in [2.05, 4.69) is 39.0 Å². The zero-order chi connectivity index (χ0) is 20.8. The summed E-state index contributed by atoms with van der Waals surface area (Å²) in [6.45, 7) is 2.38. The number of ether oxygens (including phenoxy) is 2. The van der Waals surface area contributed by atoms with Gasteiger partial charge >= 0.3 is 0 Å². The zero-order valence-corrected chi connectivity index (χ0v) is 17.8. The van der Waals surface area contributed by atoms with E-state index in [9.17, 15) is 0 Å². The fourth-order valence-corrected chi connectivity index (χ4v) is 3.98. The molecule has 0 aliphatic rings. The van der Waals surface area contributed by atoms with Crippen LogP contribution in [0.15, 0.2) is 84.0 Å². The van der Waals surface area contributed by atoms with Gasteiger partial charge in [-0.05, 0) is 48.4 Å². The van der Waals surface area contributed by atoms with Crippen molar-refractivity contribution in [2.75, 3.05) is 7.11 Å². The normalized spacial score (nSPS) is 10.7. The second-order valence-corrected chi connectivity index (χ2v) is 7.70. The van der Waals surface area contributed by atoms with E-state index >= 15 is 0 Å². The Hall–Kier alpha value is -3.25. The molecule has 152 valence electrons. The van der Waals surface area contributed by atoms with Crippen LogP contribution in [0, 0.1) is 6.92 Å². The molecule has 0 aliphatic carbocycles. The largest absolute Gasteiger partial charge is 0.497 e. The lowest BCUT2D eigenvalue weighted by atomic mass is 10.2. The smallest absolute Gasteiger partial charge is 0.196 e. The summed E-state index contributed by atoms with van der Waals surface area (Å²) in [4.78, 5) is 0. The molecule has 0 radical (unpaired) electrons. The minimum Gasteiger partial charge on any atom is -0.497 e. The fraction of sp³-hybridized carbons (Fsp3) is 0.167. The van der Waals surface area contributed by atoms with Gasteiger partial charge in [-0.25, -0.2) is 0 Å². The second kappa shape index (κ2) is 9.50. The molecule has 0 unspecified atom stereocenters. The number of rotatable bonds is 8. The van der Waals surface area contributed by atoms with E-state index in [0.717, 1.165) is 39.5 Å². The third kappa shape index (κ3) is 4.66. The van der Waals surface area contributed by atoms with E-state index < -0.39 is 0 Å². The van der Waals surface area contributed by atoms with Crippen LogP contribution in [0.2, 0.25) is 0 Å². The van der Waals surface area contributed by atoms with Crippen LogP contribution in [-0.2, 0) is 12.4 Å². The van der Waals surface area contributed by atoms with Crippen molar-refractivity contribution < 1.29 is 9.47 Å². The number of methoxy groups -OCH3 is 1. The SMILES string of the molecule is COc1ccc(CSc2nnc(COc3ccccc3C)n2-c2ccccc2)cc1. The van der Waals surface area contributed by atoms with Gasteiger partial charge in [0, 0.05) is 11.4 Å². The Bertz CT molecular complexity index is 1100. The summed E-state index contributed by atoms with van der Waals surface area (Å²) < 4.78 is 13.3. The lowest BCUT2D eigenvalue weighted by Gasteiger charge is -2.12. The first kappa shape index (κ1) is 20.0. The van der Waals surface area contributed by atoms with Gasteiger partial charge in [0.15, 0.2) is 11.0 Å². The van der Waals surface area contributed by atoms with Crippen LogP contribution in [0.25, 0.3) is 5.69 Å². The molecular weight excluding hydrogens is 394 g/mol. The van der Waals surface area contributed by atoms with Crippen LogP contribution < -0.4 is 9.47 Å². The van der Waals surface area contributed by atoms with Gasteiger partial charge in [0.05, 0.1) is 7.11 Å². The Balaban J connectivity index is 1.56. The molecule has 0 spiro atoms. The molecule has 0 saturated carbocycles. The molecule has 0 bridgehead atoms. The van der Waals surface area contributed by atoms with Crippen LogP contribution >= 0.6 is 11.8 Å². The molecule has 0 atom stereocenters. The van der Waals surface area contributed by atoms with E-state index in [1.54, 1.807) is 18.9 Å². The monoisotopic (exact) mass is 417 g/mol. The molecule has 4 rings (SSSR count). The summed E-state index contributed by atoms with van der Waals surface area (Å²) in [5, 5.41) is 9.71. The van der Waals surface area contributed by atoms with Gasteiger partial charge in [-0.3, -0.25) is 4.57 Å². The standard InChI is InChI=1S/C24H23N3O2S/c1-18-8-6-7-11-22(18)29-16-23-25-26-24(27(23)20-9-4-3-5-10-20)30-17-19-12-14-21(28-2)15-13-19/h3-15H,16-17H2,1-2H3. The van der Waals surface area contributed by atoms with Crippen molar-refractivity contribution in [3.63, 3.8) is 0 Å². The van der Waals surface area contributed by atoms with Crippen LogP contribution in [0.4, 0.5) is 0 Å². The van der Waals surface area contributed by atoms with Crippen molar-refractivity contribution in [3.05, 3.63) is 95.8 Å². The molecule has 1 aromatic heterocycles. The lowest BCUT2D eigenvalue weighted by molar-refractivity contribution is 0.291. The van der Waals surface area contributed by atoms with Crippen LogP contribution in [0.5, 0.6) is 11.5 Å². The highest BCUT2D eigenvalue weighted by Gasteiger charge is 2.15. The number of hydrogen-bond acceptors (Lipinski definition) is 5. The number of hydrogen-bond donors (Lipinski definition) is 0. The first-order chi connectivity index (χ1) is 14.7. The predicted molar refractivity (Wildman–Crippen MR) is 119 cm³/mol. The first-order valence-corrected chi connectivity index (χ1v) is 10.7. The van der Waals surface area contributed by atoms with Crippen molar-refractivity contribution in [1.82, 2.24) is 14.8 Å². The molecule has 0 saturated heterocycles. The van der Waals surface area contributed by atoms with E-state index in [1.807, 2.05) is 61.5 Å². The number of nitrogens with zero attached hydrogens (tertiary/aromatic N) is 3. The maximum Gasteiger partial charge on any atom is 0.196 e. The van der Waals surface area contributed by atoms with Crippen molar-refractivity contribution in [1.29, 1.82) is 0 Å². The van der Waals surface area contributed by atoms with Gasteiger partial charge in [0.25, 0.3) is 0 Å². The van der Waals surface area contributed by atoms with Crippen LogP contribution in [-0.4, -0.2) is 21.9 Å². The van der Waals surface area contributed by atoms with E-state index in [-0.39, 0.29) is 0 Å². The zero-order valence-electron chi connectivity index (χ0n) is 17.0. The molecule has 1 heterocycles. The van der Waals surface area contributed by atoms with Gasteiger partial charge in [0.2, 0.25) is 0 Å². The Morgan fingerprint density at radius 3 is 2.33 bits per heavy atom. The predicted octanol–water partition coefficient (Wildman–Crippen LogP) is 5.46. The highest BCUT2D eigenvalue weighted by molar-refractivity contribution is 7.98. The number of aromatic nitrogens is 3. The van der Waals surface area contributed by atoms with Crippen molar-refractivity contribution >= 4 is 11.8 Å². The van der Waals surface area contributed by atoms with Crippen LogP contribution in [0.3, 0.4) is 0 Å². The fourth-order valence-electron chi connectivity index (χ4n) is 3.05. The summed E-state index contributed by atoms with van der Waals surface area (Å²) in [7, 11) is 1.67. The summed E-state index contributed by atoms with van der Waals surface area (Å²) in [5.41, 5.74) is 3.31. The van der Waals surface area contributed by atoms with Crippen LogP contribution in [0.1, 0.15) is 17.0 Å². The first-order valence-electron chi connectivity index (χ1n) is 9.68. The number of thioether (sulfide) groups is 1. The number of aryl methyl sites for hydroxylation is 1. The van der Waals surface area contributed by atoms with Crippen molar-refractivity contribution in [2.24, 2.45) is 0 Å². The topological polar surface area (TPSA) is 49.2 Å². The summed E-state index contributed by atoms with van der Waals surface area (Å²) >= 11 is 1.65. The average molecular weight is 418 g/mol.